The normalized spacial score (nSPS) is 51.1. The smallest absolute Gasteiger partial charge is 0.224 e. The maximum Gasteiger partial charge on any atom is 0.224 e. The van der Waals surface area contributed by atoms with Crippen molar-refractivity contribution in [3.63, 3.8) is 0 Å². The van der Waals surface area contributed by atoms with Gasteiger partial charge in [0.25, 0.3) is 0 Å². The highest BCUT2D eigenvalue weighted by Gasteiger charge is 2.58. The molecule has 136 valence electrons. The van der Waals surface area contributed by atoms with Gasteiger partial charge < -0.3 is 55.1 Å². The lowest BCUT2D eigenvalue weighted by atomic mass is 9.99. The molecule has 0 bridgehead atoms. The molecule has 2 heterocycles. The molecule has 0 radical (unpaired) electrons. The van der Waals surface area contributed by atoms with Crippen molar-refractivity contribution in [2.24, 2.45) is 0 Å². The largest absolute Gasteiger partial charge is 0.394 e. The van der Waals surface area contributed by atoms with Gasteiger partial charge in [0, 0.05) is 0 Å². The molecule has 0 amide bonds. The summed E-state index contributed by atoms with van der Waals surface area (Å²) in [7, 11) is 0. The molecule has 2 aliphatic heterocycles. The molecule has 2 aliphatic rings. The first-order valence-corrected chi connectivity index (χ1v) is 7.05. The number of aliphatic hydroxyl groups excluding tert-OH is 8. The van der Waals surface area contributed by atoms with Crippen molar-refractivity contribution in [3.8, 4) is 0 Å². The number of hydrogen-bond acceptors (Lipinski definition) is 11. The molecule has 0 aliphatic carbocycles. The summed E-state index contributed by atoms with van der Waals surface area (Å²) < 4.78 is 15.4. The first-order chi connectivity index (χ1) is 10.8. The van der Waals surface area contributed by atoms with Crippen molar-refractivity contribution in [2.75, 3.05) is 19.8 Å². The van der Waals surface area contributed by atoms with Gasteiger partial charge in [0.2, 0.25) is 5.79 Å². The number of ether oxygens (including phenoxy) is 3. The Balaban J connectivity index is 2.18. The Kier molecular flexibility index (Phi) is 5.92. The molecule has 0 aromatic heterocycles. The third-order valence-corrected chi connectivity index (χ3v) is 4.07. The summed E-state index contributed by atoms with van der Waals surface area (Å²) in [4.78, 5) is 0. The number of aliphatic hydroxyl groups is 8. The molecule has 11 heteroatoms. The van der Waals surface area contributed by atoms with Crippen LogP contribution < -0.4 is 0 Å². The maximum atomic E-state index is 10.00. The van der Waals surface area contributed by atoms with Crippen LogP contribution in [-0.2, 0) is 14.2 Å². The molecule has 23 heavy (non-hydrogen) atoms. The van der Waals surface area contributed by atoms with Gasteiger partial charge >= 0.3 is 0 Å². The summed E-state index contributed by atoms with van der Waals surface area (Å²) in [6.45, 7) is -2.32. The molecule has 0 aromatic carbocycles. The molecule has 0 unspecified atom stereocenters. The van der Waals surface area contributed by atoms with Crippen LogP contribution in [0.5, 0.6) is 0 Å². The van der Waals surface area contributed by atoms with Gasteiger partial charge in [0.05, 0.1) is 13.2 Å². The highest BCUT2D eigenvalue weighted by atomic mass is 16.8. The average molecular weight is 342 g/mol. The second-order valence-electron chi connectivity index (χ2n) is 5.56. The second-order valence-corrected chi connectivity index (χ2v) is 5.56. The van der Waals surface area contributed by atoms with Crippen LogP contribution in [0.25, 0.3) is 0 Å². The zero-order valence-electron chi connectivity index (χ0n) is 12.0. The summed E-state index contributed by atoms with van der Waals surface area (Å²) in [5.41, 5.74) is 0. The molecular formula is C12H22O11. The summed E-state index contributed by atoms with van der Waals surface area (Å²) in [6.07, 6.45) is -12.7. The Morgan fingerprint density at radius 2 is 1.39 bits per heavy atom. The van der Waals surface area contributed by atoms with Gasteiger partial charge in [-0.15, -0.1) is 0 Å². The van der Waals surface area contributed by atoms with Gasteiger partial charge in [-0.1, -0.05) is 0 Å². The van der Waals surface area contributed by atoms with Gasteiger partial charge in [-0.2, -0.15) is 0 Å². The average Bonchev–Trinajstić information content (AvgIpc) is 2.80. The van der Waals surface area contributed by atoms with E-state index in [0.29, 0.717) is 0 Å². The lowest BCUT2D eigenvalue weighted by molar-refractivity contribution is -0.383. The summed E-state index contributed by atoms with van der Waals surface area (Å²) in [6, 6.07) is 0. The monoisotopic (exact) mass is 342 g/mol. The highest BCUT2D eigenvalue weighted by Crippen LogP contribution is 2.35. The molecule has 11 nitrogen and oxygen atoms in total. The lowest BCUT2D eigenvalue weighted by Gasteiger charge is -2.43. The van der Waals surface area contributed by atoms with Gasteiger partial charge in [-0.25, -0.2) is 0 Å². The van der Waals surface area contributed by atoms with Gasteiger partial charge in [-0.3, -0.25) is 0 Å². The molecule has 2 saturated heterocycles. The van der Waals surface area contributed by atoms with E-state index in [1.54, 1.807) is 0 Å². The predicted molar refractivity (Wildman–Crippen MR) is 68.6 cm³/mol. The minimum atomic E-state index is -2.22. The van der Waals surface area contributed by atoms with Crippen LogP contribution in [0.2, 0.25) is 0 Å². The van der Waals surface area contributed by atoms with Crippen LogP contribution in [0.1, 0.15) is 0 Å². The zero-order valence-corrected chi connectivity index (χ0v) is 12.0. The van der Waals surface area contributed by atoms with Crippen LogP contribution in [0.15, 0.2) is 0 Å². The Labute approximate surface area is 130 Å². The van der Waals surface area contributed by atoms with Gasteiger partial charge in [0.15, 0.2) is 6.29 Å². The van der Waals surface area contributed by atoms with Gasteiger partial charge in [-0.05, 0) is 0 Å². The third kappa shape index (κ3) is 3.23. The molecule has 0 spiro atoms. The fraction of sp³-hybridized carbons (Fsp3) is 1.00. The van der Waals surface area contributed by atoms with E-state index in [2.05, 4.69) is 0 Å². The van der Waals surface area contributed by atoms with Crippen molar-refractivity contribution >= 4 is 0 Å². The molecular weight excluding hydrogens is 320 g/mol. The first kappa shape index (κ1) is 18.9. The van der Waals surface area contributed by atoms with E-state index in [9.17, 15) is 30.6 Å². The summed E-state index contributed by atoms with van der Waals surface area (Å²) in [5, 5.41) is 76.7. The molecule has 0 saturated carbocycles. The maximum absolute atomic E-state index is 10.00. The topological polar surface area (TPSA) is 190 Å². The SMILES string of the molecule is OC[C@@H]1O[C@H](O[C@]2(CO)O[C@H](CO)[C@H](O)[C@H]2O)[C@H](O)[C@@H](O)[C@@H]1O. The second kappa shape index (κ2) is 7.21. The lowest BCUT2D eigenvalue weighted by Crippen LogP contribution is -2.62. The Bertz CT molecular complexity index is 393. The minimum Gasteiger partial charge on any atom is -0.394 e. The molecule has 0 aromatic rings. The van der Waals surface area contributed by atoms with Crippen molar-refractivity contribution < 1.29 is 55.1 Å². The number of hydrogen-bond donors (Lipinski definition) is 8. The molecule has 8 N–H and O–H groups in total. The fourth-order valence-corrected chi connectivity index (χ4v) is 2.63. The standard InChI is InChI=1S/C12H22O11/c13-1-4-6(16)8(18)9(19)11(21-4)23-12(3-15)10(20)7(17)5(2-14)22-12/h4-11,13-20H,1-3H2/t4-,5+,6+,7-,8-,9+,10+,11+,12-/m0/s1. The zero-order chi connectivity index (χ0) is 17.4. The van der Waals surface area contributed by atoms with E-state index in [1.807, 2.05) is 0 Å². The number of rotatable bonds is 5. The highest BCUT2D eigenvalue weighted by molar-refractivity contribution is 4.98. The first-order valence-electron chi connectivity index (χ1n) is 7.05. The van der Waals surface area contributed by atoms with Crippen molar-refractivity contribution in [1.82, 2.24) is 0 Å². The van der Waals surface area contributed by atoms with Crippen molar-refractivity contribution in [1.29, 1.82) is 0 Å². The summed E-state index contributed by atoms with van der Waals surface area (Å²) in [5.74, 6) is -2.22. The fourth-order valence-electron chi connectivity index (χ4n) is 2.63. The van der Waals surface area contributed by atoms with E-state index in [0.717, 1.165) is 0 Å². The van der Waals surface area contributed by atoms with Crippen molar-refractivity contribution in [2.45, 2.75) is 54.8 Å². The Morgan fingerprint density at radius 3 is 1.87 bits per heavy atom. The summed E-state index contributed by atoms with van der Waals surface area (Å²) >= 11 is 0. The molecule has 9 atom stereocenters. The van der Waals surface area contributed by atoms with Crippen LogP contribution in [0, 0.1) is 0 Å². The molecule has 2 rings (SSSR count). The molecule has 2 fully saturated rings. The van der Waals surface area contributed by atoms with Crippen LogP contribution in [0.3, 0.4) is 0 Å². The predicted octanol–water partition coefficient (Wildman–Crippen LogP) is -5.40. The quantitative estimate of drug-likeness (QED) is 0.238. The third-order valence-electron chi connectivity index (χ3n) is 4.07. The van der Waals surface area contributed by atoms with Crippen LogP contribution in [0.4, 0.5) is 0 Å². The van der Waals surface area contributed by atoms with E-state index in [-0.39, 0.29) is 0 Å². The minimum absolute atomic E-state index is 0.669. The van der Waals surface area contributed by atoms with E-state index in [4.69, 9.17) is 24.4 Å². The van der Waals surface area contributed by atoms with E-state index < -0.39 is 74.6 Å². The van der Waals surface area contributed by atoms with Crippen LogP contribution in [-0.4, -0.2) is 115 Å². The Morgan fingerprint density at radius 1 is 0.783 bits per heavy atom. The van der Waals surface area contributed by atoms with Crippen molar-refractivity contribution in [3.05, 3.63) is 0 Å². The van der Waals surface area contributed by atoms with E-state index >= 15 is 0 Å². The van der Waals surface area contributed by atoms with E-state index in [1.165, 1.54) is 0 Å². The van der Waals surface area contributed by atoms with Crippen LogP contribution >= 0.6 is 0 Å². The Hall–Kier alpha value is -0.440. The van der Waals surface area contributed by atoms with Gasteiger partial charge in [0.1, 0.15) is 49.3 Å².